The van der Waals surface area contributed by atoms with Gasteiger partial charge in [-0.3, -0.25) is 0 Å². The van der Waals surface area contributed by atoms with Crippen molar-refractivity contribution in [3.63, 3.8) is 0 Å². The van der Waals surface area contributed by atoms with Crippen molar-refractivity contribution < 1.29 is 9.84 Å². The molecule has 1 aromatic carbocycles. The predicted octanol–water partition coefficient (Wildman–Crippen LogP) is 3.93. The molecule has 0 aliphatic rings. The third-order valence-corrected chi connectivity index (χ3v) is 3.72. The molecule has 3 heteroatoms. The minimum absolute atomic E-state index is 0.545. The third-order valence-electron chi connectivity index (χ3n) is 2.86. The van der Waals surface area contributed by atoms with Crippen molar-refractivity contribution in [2.75, 3.05) is 6.61 Å². The van der Waals surface area contributed by atoms with E-state index in [9.17, 15) is 5.11 Å². The molecule has 0 spiro atoms. The molecule has 1 unspecified atom stereocenters. The number of rotatable bonds is 5. The molecule has 2 rings (SSSR count). The van der Waals surface area contributed by atoms with E-state index in [1.54, 1.807) is 11.3 Å². The maximum atomic E-state index is 10.3. The Hall–Kier alpha value is -1.32. The Labute approximate surface area is 112 Å². The standard InChI is InChI=1S/C15H18O2S/c1-3-9-17-13-6-4-12(5-7-13)15(16)14-8-10-18-11(14)2/h4-8,10,15-16H,3,9H2,1-2H3. The highest BCUT2D eigenvalue weighted by molar-refractivity contribution is 7.10. The largest absolute Gasteiger partial charge is 0.494 e. The van der Waals surface area contributed by atoms with Crippen molar-refractivity contribution in [3.05, 3.63) is 51.7 Å². The molecular formula is C15H18O2S. The summed E-state index contributed by atoms with van der Waals surface area (Å²) < 4.78 is 5.52. The van der Waals surface area contributed by atoms with Gasteiger partial charge in [-0.05, 0) is 48.1 Å². The molecular weight excluding hydrogens is 244 g/mol. The zero-order chi connectivity index (χ0) is 13.0. The van der Waals surface area contributed by atoms with Gasteiger partial charge in [0.05, 0.1) is 6.61 Å². The molecule has 0 saturated carbocycles. The van der Waals surface area contributed by atoms with Crippen molar-refractivity contribution in [3.8, 4) is 5.75 Å². The maximum Gasteiger partial charge on any atom is 0.119 e. The minimum atomic E-state index is -0.545. The van der Waals surface area contributed by atoms with E-state index in [0.717, 1.165) is 34.8 Å². The van der Waals surface area contributed by atoms with Gasteiger partial charge in [0, 0.05) is 4.88 Å². The van der Waals surface area contributed by atoms with Crippen molar-refractivity contribution in [1.29, 1.82) is 0 Å². The molecule has 0 amide bonds. The first-order valence-electron chi connectivity index (χ1n) is 6.17. The van der Waals surface area contributed by atoms with Crippen LogP contribution in [-0.4, -0.2) is 11.7 Å². The summed E-state index contributed by atoms with van der Waals surface area (Å²) in [6.45, 7) is 4.84. The fraction of sp³-hybridized carbons (Fsp3) is 0.333. The lowest BCUT2D eigenvalue weighted by molar-refractivity contribution is 0.220. The first-order chi connectivity index (χ1) is 8.72. The molecule has 0 aliphatic carbocycles. The highest BCUT2D eigenvalue weighted by Gasteiger charge is 2.13. The highest BCUT2D eigenvalue weighted by atomic mass is 32.1. The molecule has 0 saturated heterocycles. The van der Waals surface area contributed by atoms with Crippen LogP contribution in [0.3, 0.4) is 0 Å². The number of aryl methyl sites for hydroxylation is 1. The first kappa shape index (κ1) is 13.1. The zero-order valence-electron chi connectivity index (χ0n) is 10.7. The molecule has 2 nitrogen and oxygen atoms in total. The van der Waals surface area contributed by atoms with Crippen LogP contribution in [0.2, 0.25) is 0 Å². The first-order valence-corrected chi connectivity index (χ1v) is 7.05. The van der Waals surface area contributed by atoms with Crippen LogP contribution in [0.1, 0.15) is 35.5 Å². The van der Waals surface area contributed by atoms with Crippen molar-refractivity contribution in [2.24, 2.45) is 0 Å². The summed E-state index contributed by atoms with van der Waals surface area (Å²) in [5.74, 6) is 0.856. The highest BCUT2D eigenvalue weighted by Crippen LogP contribution is 2.28. The van der Waals surface area contributed by atoms with Gasteiger partial charge in [0.25, 0.3) is 0 Å². The Morgan fingerprint density at radius 3 is 2.50 bits per heavy atom. The Morgan fingerprint density at radius 1 is 1.22 bits per heavy atom. The molecule has 18 heavy (non-hydrogen) atoms. The second kappa shape index (κ2) is 6.03. The second-order valence-electron chi connectivity index (χ2n) is 4.25. The van der Waals surface area contributed by atoms with Crippen LogP contribution in [-0.2, 0) is 0 Å². The summed E-state index contributed by atoms with van der Waals surface area (Å²) in [4.78, 5) is 1.16. The average molecular weight is 262 g/mol. The van der Waals surface area contributed by atoms with Crippen molar-refractivity contribution in [1.82, 2.24) is 0 Å². The molecule has 0 radical (unpaired) electrons. The lowest BCUT2D eigenvalue weighted by Gasteiger charge is -2.12. The van der Waals surface area contributed by atoms with Crippen molar-refractivity contribution >= 4 is 11.3 Å². The van der Waals surface area contributed by atoms with Crippen LogP contribution in [0.4, 0.5) is 0 Å². The molecule has 1 aromatic heterocycles. The summed E-state index contributed by atoms with van der Waals surface area (Å²) in [5.41, 5.74) is 1.89. The van der Waals surface area contributed by atoms with Crippen LogP contribution in [0, 0.1) is 6.92 Å². The van der Waals surface area contributed by atoms with Crippen LogP contribution in [0.5, 0.6) is 5.75 Å². The summed E-state index contributed by atoms with van der Waals surface area (Å²) in [6.07, 6.45) is 0.454. The van der Waals surface area contributed by atoms with E-state index in [0.29, 0.717) is 0 Å². The van der Waals surface area contributed by atoms with Gasteiger partial charge in [-0.1, -0.05) is 19.1 Å². The monoisotopic (exact) mass is 262 g/mol. The summed E-state index contributed by atoms with van der Waals surface area (Å²) >= 11 is 1.66. The summed E-state index contributed by atoms with van der Waals surface area (Å²) in [6, 6.07) is 9.65. The quantitative estimate of drug-likeness (QED) is 0.884. The van der Waals surface area contributed by atoms with Gasteiger partial charge < -0.3 is 9.84 Å². The zero-order valence-corrected chi connectivity index (χ0v) is 11.5. The predicted molar refractivity (Wildman–Crippen MR) is 75.3 cm³/mol. The molecule has 96 valence electrons. The maximum absolute atomic E-state index is 10.3. The topological polar surface area (TPSA) is 29.5 Å². The average Bonchev–Trinajstić information content (AvgIpc) is 2.82. The molecule has 2 aromatic rings. The summed E-state index contributed by atoms with van der Waals surface area (Å²) in [7, 11) is 0. The second-order valence-corrected chi connectivity index (χ2v) is 5.37. The fourth-order valence-corrected chi connectivity index (χ4v) is 2.56. The Morgan fingerprint density at radius 2 is 1.94 bits per heavy atom. The van der Waals surface area contributed by atoms with Gasteiger partial charge in [-0.15, -0.1) is 11.3 Å². The van der Waals surface area contributed by atoms with E-state index in [-0.39, 0.29) is 0 Å². The Balaban J connectivity index is 2.12. The number of ether oxygens (including phenoxy) is 1. The number of hydrogen-bond acceptors (Lipinski definition) is 3. The molecule has 1 N–H and O–H groups in total. The number of aliphatic hydroxyl groups excluding tert-OH is 1. The van der Waals surface area contributed by atoms with E-state index >= 15 is 0 Å². The van der Waals surface area contributed by atoms with Gasteiger partial charge in [-0.2, -0.15) is 0 Å². The third kappa shape index (κ3) is 2.92. The number of thiophene rings is 1. The minimum Gasteiger partial charge on any atom is -0.494 e. The molecule has 0 bridgehead atoms. The van der Waals surface area contributed by atoms with E-state index in [1.807, 2.05) is 42.6 Å². The van der Waals surface area contributed by atoms with Gasteiger partial charge >= 0.3 is 0 Å². The van der Waals surface area contributed by atoms with E-state index in [2.05, 4.69) is 6.92 Å². The molecule has 1 atom stereocenters. The number of aliphatic hydroxyl groups is 1. The normalized spacial score (nSPS) is 12.4. The van der Waals surface area contributed by atoms with Gasteiger partial charge in [0.1, 0.15) is 11.9 Å². The van der Waals surface area contributed by atoms with E-state index < -0.39 is 6.10 Å². The number of hydrogen-bond donors (Lipinski definition) is 1. The van der Waals surface area contributed by atoms with Gasteiger partial charge in [0.15, 0.2) is 0 Å². The van der Waals surface area contributed by atoms with Crippen molar-refractivity contribution in [2.45, 2.75) is 26.4 Å². The van der Waals surface area contributed by atoms with Gasteiger partial charge in [0.2, 0.25) is 0 Å². The van der Waals surface area contributed by atoms with E-state index in [4.69, 9.17) is 4.74 Å². The fourth-order valence-electron chi connectivity index (χ4n) is 1.82. The Bertz CT molecular complexity index is 487. The Kier molecular flexibility index (Phi) is 4.39. The van der Waals surface area contributed by atoms with Crippen LogP contribution in [0.25, 0.3) is 0 Å². The SMILES string of the molecule is CCCOc1ccc(C(O)c2ccsc2C)cc1. The lowest BCUT2D eigenvalue weighted by Crippen LogP contribution is -2.00. The van der Waals surface area contributed by atoms with Crippen LogP contribution >= 0.6 is 11.3 Å². The molecule has 1 heterocycles. The van der Waals surface area contributed by atoms with Crippen LogP contribution < -0.4 is 4.74 Å². The number of benzene rings is 1. The van der Waals surface area contributed by atoms with Gasteiger partial charge in [-0.25, -0.2) is 0 Å². The summed E-state index contributed by atoms with van der Waals surface area (Å²) in [5, 5.41) is 12.3. The van der Waals surface area contributed by atoms with Crippen LogP contribution in [0.15, 0.2) is 35.7 Å². The molecule has 0 aliphatic heterocycles. The smallest absolute Gasteiger partial charge is 0.119 e. The lowest BCUT2D eigenvalue weighted by atomic mass is 10.0. The van der Waals surface area contributed by atoms with E-state index in [1.165, 1.54) is 0 Å². The molecule has 0 fully saturated rings.